The van der Waals surface area contributed by atoms with E-state index in [4.69, 9.17) is 13.9 Å². The molecule has 1 fully saturated rings. The third kappa shape index (κ3) is 4.14. The molecule has 4 rings (SSSR count). The Morgan fingerprint density at radius 1 is 1.30 bits per heavy atom. The molecule has 1 aromatic heterocycles. The summed E-state index contributed by atoms with van der Waals surface area (Å²) in [5.41, 5.74) is 2.41. The Bertz CT molecular complexity index is 738. The van der Waals surface area contributed by atoms with Crippen LogP contribution in [0.15, 0.2) is 34.9 Å². The lowest BCUT2D eigenvalue weighted by Crippen LogP contribution is -2.33. The molecule has 2 aliphatic heterocycles. The highest BCUT2D eigenvalue weighted by molar-refractivity contribution is 5.48. The van der Waals surface area contributed by atoms with Crippen molar-refractivity contribution in [1.29, 1.82) is 0 Å². The highest BCUT2D eigenvalue weighted by Crippen LogP contribution is 2.35. The molecule has 5 nitrogen and oxygen atoms in total. The zero-order valence-corrected chi connectivity index (χ0v) is 16.4. The van der Waals surface area contributed by atoms with Crippen LogP contribution in [-0.2, 0) is 13.0 Å². The molecule has 0 unspecified atom stereocenters. The first kappa shape index (κ1) is 18.4. The van der Waals surface area contributed by atoms with E-state index < -0.39 is 0 Å². The molecule has 2 atom stereocenters. The summed E-state index contributed by atoms with van der Waals surface area (Å²) in [6, 6.07) is 8.65. The van der Waals surface area contributed by atoms with Crippen molar-refractivity contribution < 1.29 is 13.9 Å². The summed E-state index contributed by atoms with van der Waals surface area (Å²) in [7, 11) is 0. The largest absolute Gasteiger partial charge is 0.494 e. The molecule has 1 aromatic carbocycles. The maximum Gasteiger partial charge on any atom is 0.124 e. The number of fused-ring (bicyclic) bond motifs is 1. The van der Waals surface area contributed by atoms with E-state index >= 15 is 0 Å². The van der Waals surface area contributed by atoms with Gasteiger partial charge in [0.2, 0.25) is 0 Å². The van der Waals surface area contributed by atoms with Gasteiger partial charge in [-0.2, -0.15) is 0 Å². The average molecular weight is 370 g/mol. The van der Waals surface area contributed by atoms with Crippen LogP contribution in [0.1, 0.15) is 49.6 Å². The van der Waals surface area contributed by atoms with Crippen molar-refractivity contribution in [3.8, 4) is 11.5 Å². The summed E-state index contributed by atoms with van der Waals surface area (Å²) in [5, 5.41) is 3.63. The van der Waals surface area contributed by atoms with Gasteiger partial charge < -0.3 is 19.2 Å². The lowest BCUT2D eigenvalue weighted by Gasteiger charge is -2.26. The maximum absolute atomic E-state index is 5.94. The Labute approximate surface area is 161 Å². The number of rotatable bonds is 8. The van der Waals surface area contributed by atoms with Gasteiger partial charge in [0.25, 0.3) is 0 Å². The van der Waals surface area contributed by atoms with Gasteiger partial charge in [0.1, 0.15) is 23.4 Å². The molecule has 5 heteroatoms. The van der Waals surface area contributed by atoms with Gasteiger partial charge >= 0.3 is 0 Å². The number of hydrogen-bond donors (Lipinski definition) is 1. The molecule has 3 heterocycles. The molecule has 0 radical (unpaired) electrons. The van der Waals surface area contributed by atoms with Crippen molar-refractivity contribution in [2.45, 2.75) is 51.8 Å². The van der Waals surface area contributed by atoms with Gasteiger partial charge in [0.05, 0.1) is 18.9 Å². The third-order valence-electron chi connectivity index (χ3n) is 5.49. The van der Waals surface area contributed by atoms with Crippen LogP contribution >= 0.6 is 0 Å². The monoisotopic (exact) mass is 370 g/mol. The van der Waals surface area contributed by atoms with Crippen LogP contribution in [0.25, 0.3) is 0 Å². The zero-order chi connectivity index (χ0) is 18.6. The van der Waals surface area contributed by atoms with E-state index in [1.54, 1.807) is 6.26 Å². The molecule has 0 saturated carbocycles. The molecule has 0 amide bonds. The quantitative estimate of drug-likeness (QED) is 0.763. The van der Waals surface area contributed by atoms with E-state index in [1.807, 2.05) is 13.0 Å². The van der Waals surface area contributed by atoms with Crippen LogP contribution in [0.4, 0.5) is 0 Å². The van der Waals surface area contributed by atoms with E-state index in [-0.39, 0.29) is 12.1 Å². The van der Waals surface area contributed by atoms with Crippen molar-refractivity contribution >= 4 is 0 Å². The first-order valence-electron chi connectivity index (χ1n) is 10.2. The van der Waals surface area contributed by atoms with Crippen LogP contribution in [0, 0.1) is 0 Å². The topological polar surface area (TPSA) is 46.9 Å². The van der Waals surface area contributed by atoms with E-state index in [0.717, 1.165) is 55.4 Å². The number of benzene rings is 1. The minimum atomic E-state index is 0.246. The molecular formula is C22H30N2O3. The second-order valence-corrected chi connectivity index (χ2v) is 7.54. The number of hydrogen-bond acceptors (Lipinski definition) is 5. The standard InChI is InChI=1S/C22H30N2O3/c1-3-25-21-12-17-11-16(2)27-22(17)13-18(21)14-23-15-19(20-7-6-10-26-20)24-8-4-5-9-24/h6-7,10,12-13,16,19,23H,3-5,8-9,11,14-15H2,1-2H3/t16-,19+/m0/s1. The normalized spacial score (nSPS) is 20.4. The van der Waals surface area contributed by atoms with Crippen LogP contribution < -0.4 is 14.8 Å². The summed E-state index contributed by atoms with van der Waals surface area (Å²) >= 11 is 0. The van der Waals surface area contributed by atoms with Crippen molar-refractivity contribution in [2.24, 2.45) is 0 Å². The molecule has 0 bridgehead atoms. The third-order valence-corrected chi connectivity index (χ3v) is 5.49. The van der Waals surface area contributed by atoms with Crippen LogP contribution in [0.3, 0.4) is 0 Å². The average Bonchev–Trinajstić information content (AvgIpc) is 3.40. The van der Waals surface area contributed by atoms with Gasteiger partial charge in [-0.15, -0.1) is 0 Å². The smallest absolute Gasteiger partial charge is 0.124 e. The number of likely N-dealkylation sites (tertiary alicyclic amines) is 1. The Morgan fingerprint density at radius 3 is 2.89 bits per heavy atom. The van der Waals surface area contributed by atoms with Gasteiger partial charge in [-0.25, -0.2) is 0 Å². The molecular weight excluding hydrogens is 340 g/mol. The Morgan fingerprint density at radius 2 is 2.15 bits per heavy atom. The lowest BCUT2D eigenvalue weighted by atomic mass is 10.1. The Hall–Kier alpha value is -1.98. The second-order valence-electron chi connectivity index (χ2n) is 7.54. The zero-order valence-electron chi connectivity index (χ0n) is 16.4. The van der Waals surface area contributed by atoms with E-state index in [0.29, 0.717) is 6.61 Å². The predicted octanol–water partition coefficient (Wildman–Crippen LogP) is 3.93. The summed E-state index contributed by atoms with van der Waals surface area (Å²) in [6.45, 7) is 8.71. The maximum atomic E-state index is 5.94. The van der Waals surface area contributed by atoms with Gasteiger partial charge in [0.15, 0.2) is 0 Å². The van der Waals surface area contributed by atoms with E-state index in [2.05, 4.69) is 35.3 Å². The summed E-state index contributed by atoms with van der Waals surface area (Å²) < 4.78 is 17.6. The molecule has 0 spiro atoms. The molecule has 2 aliphatic rings. The Balaban J connectivity index is 1.45. The minimum absolute atomic E-state index is 0.246. The van der Waals surface area contributed by atoms with Gasteiger partial charge in [-0.05, 0) is 64.0 Å². The Kier molecular flexibility index (Phi) is 5.69. The van der Waals surface area contributed by atoms with Crippen LogP contribution in [0.2, 0.25) is 0 Å². The fourth-order valence-corrected chi connectivity index (χ4v) is 4.20. The second kappa shape index (κ2) is 8.36. The number of furan rings is 1. The van der Waals surface area contributed by atoms with Crippen molar-refractivity contribution in [3.05, 3.63) is 47.4 Å². The summed E-state index contributed by atoms with van der Waals surface area (Å²) in [4.78, 5) is 2.52. The SMILES string of the molecule is CCOc1cc2c(cc1CNC[C@H](c1ccco1)N1CCCC1)O[C@@H](C)C2. The number of nitrogens with zero attached hydrogens (tertiary/aromatic N) is 1. The minimum Gasteiger partial charge on any atom is -0.494 e. The van der Waals surface area contributed by atoms with E-state index in [1.165, 1.54) is 18.4 Å². The highest BCUT2D eigenvalue weighted by Gasteiger charge is 2.26. The van der Waals surface area contributed by atoms with Crippen LogP contribution in [0.5, 0.6) is 11.5 Å². The van der Waals surface area contributed by atoms with Crippen molar-refractivity contribution in [2.75, 3.05) is 26.2 Å². The molecule has 1 saturated heterocycles. The van der Waals surface area contributed by atoms with E-state index in [9.17, 15) is 0 Å². The molecule has 2 aromatic rings. The first-order valence-corrected chi connectivity index (χ1v) is 10.2. The predicted molar refractivity (Wildman–Crippen MR) is 105 cm³/mol. The fourth-order valence-electron chi connectivity index (χ4n) is 4.20. The number of ether oxygens (including phenoxy) is 2. The van der Waals surface area contributed by atoms with Crippen molar-refractivity contribution in [3.63, 3.8) is 0 Å². The summed E-state index contributed by atoms with van der Waals surface area (Å²) in [5.74, 6) is 3.02. The summed E-state index contributed by atoms with van der Waals surface area (Å²) in [6.07, 6.45) is 5.51. The van der Waals surface area contributed by atoms with Crippen LogP contribution in [-0.4, -0.2) is 37.2 Å². The molecule has 0 aliphatic carbocycles. The van der Waals surface area contributed by atoms with Crippen molar-refractivity contribution in [1.82, 2.24) is 10.2 Å². The van der Waals surface area contributed by atoms with Gasteiger partial charge in [-0.3, -0.25) is 4.90 Å². The molecule has 146 valence electrons. The molecule has 27 heavy (non-hydrogen) atoms. The first-order chi connectivity index (χ1) is 13.2. The molecule has 1 N–H and O–H groups in total. The highest BCUT2D eigenvalue weighted by atomic mass is 16.5. The number of nitrogens with one attached hydrogen (secondary N) is 1. The lowest BCUT2D eigenvalue weighted by molar-refractivity contribution is 0.209. The fraction of sp³-hybridized carbons (Fsp3) is 0.545. The van der Waals surface area contributed by atoms with Gasteiger partial charge in [0, 0.05) is 30.6 Å². The van der Waals surface area contributed by atoms with Gasteiger partial charge in [-0.1, -0.05) is 0 Å².